The van der Waals surface area contributed by atoms with Crippen LogP contribution in [-0.4, -0.2) is 33.5 Å². The third-order valence-corrected chi connectivity index (χ3v) is 5.56. The van der Waals surface area contributed by atoms with E-state index in [0.717, 1.165) is 9.13 Å². The first-order valence-electron chi connectivity index (χ1n) is 10.0. The minimum Gasteiger partial charge on any atom is -0.497 e. The van der Waals surface area contributed by atoms with Crippen LogP contribution in [0.5, 0.6) is 23.0 Å². The average molecular weight is 571 g/mol. The van der Waals surface area contributed by atoms with E-state index in [1.54, 1.807) is 37.4 Å². The summed E-state index contributed by atoms with van der Waals surface area (Å²) in [7, 11) is 4.57. The highest BCUT2D eigenvalue weighted by atomic mass is 127. The Morgan fingerprint density at radius 3 is 2.41 bits per heavy atom. The van der Waals surface area contributed by atoms with Gasteiger partial charge in [0.15, 0.2) is 11.5 Å². The standard InChI is InChI=1S/C25H22IN3O5/c1-31-20-10-19(11-21(12-20)32-2)25(30)29-28-14-16-8-22(26)24(23(9-16)33-3)34-15-18-7-5-4-6-17(18)13-27/h4-12,14H,15H2,1-3H3,(H,29,30)/b28-14-. The van der Waals surface area contributed by atoms with E-state index in [0.29, 0.717) is 39.7 Å². The van der Waals surface area contributed by atoms with Gasteiger partial charge in [0.05, 0.1) is 42.7 Å². The van der Waals surface area contributed by atoms with Crippen molar-refractivity contribution in [3.8, 4) is 29.1 Å². The molecule has 0 radical (unpaired) electrons. The molecule has 1 amide bonds. The maximum absolute atomic E-state index is 12.5. The van der Waals surface area contributed by atoms with Crippen LogP contribution < -0.4 is 24.4 Å². The minimum atomic E-state index is -0.411. The molecule has 0 unspecified atom stereocenters. The molecule has 3 aromatic rings. The van der Waals surface area contributed by atoms with Gasteiger partial charge in [0.25, 0.3) is 5.91 Å². The molecule has 0 bridgehead atoms. The molecule has 0 atom stereocenters. The number of nitrogens with one attached hydrogen (secondary N) is 1. The number of carbonyl (C=O) groups is 1. The van der Waals surface area contributed by atoms with Crippen molar-refractivity contribution in [3.63, 3.8) is 0 Å². The van der Waals surface area contributed by atoms with Gasteiger partial charge in [0, 0.05) is 17.2 Å². The van der Waals surface area contributed by atoms with E-state index in [4.69, 9.17) is 18.9 Å². The molecule has 0 aliphatic carbocycles. The number of ether oxygens (including phenoxy) is 4. The van der Waals surface area contributed by atoms with Gasteiger partial charge in [-0.3, -0.25) is 4.79 Å². The number of carbonyl (C=O) groups excluding carboxylic acids is 1. The second-order valence-electron chi connectivity index (χ2n) is 6.89. The summed E-state index contributed by atoms with van der Waals surface area (Å²) in [6.45, 7) is 0.226. The second-order valence-corrected chi connectivity index (χ2v) is 8.05. The molecule has 0 heterocycles. The normalized spacial score (nSPS) is 10.4. The molecule has 8 nitrogen and oxygen atoms in total. The molecular weight excluding hydrogens is 549 g/mol. The molecule has 0 aliphatic rings. The van der Waals surface area contributed by atoms with Crippen molar-refractivity contribution in [2.24, 2.45) is 5.10 Å². The van der Waals surface area contributed by atoms with E-state index in [9.17, 15) is 10.1 Å². The zero-order chi connectivity index (χ0) is 24.5. The van der Waals surface area contributed by atoms with Crippen LogP contribution in [0.4, 0.5) is 0 Å². The van der Waals surface area contributed by atoms with Gasteiger partial charge in [-0.15, -0.1) is 0 Å². The average Bonchev–Trinajstić information content (AvgIpc) is 2.87. The maximum atomic E-state index is 12.5. The Hall–Kier alpha value is -3.78. The smallest absolute Gasteiger partial charge is 0.271 e. The highest BCUT2D eigenvalue weighted by molar-refractivity contribution is 14.1. The lowest BCUT2D eigenvalue weighted by Crippen LogP contribution is -2.17. The number of amides is 1. The summed E-state index contributed by atoms with van der Waals surface area (Å²) >= 11 is 2.14. The van der Waals surface area contributed by atoms with Gasteiger partial charge in [-0.25, -0.2) is 5.43 Å². The zero-order valence-corrected chi connectivity index (χ0v) is 21.0. The number of nitriles is 1. The molecule has 174 valence electrons. The first-order valence-corrected chi connectivity index (χ1v) is 11.1. The van der Waals surface area contributed by atoms with Crippen molar-refractivity contribution in [2.75, 3.05) is 21.3 Å². The fraction of sp³-hybridized carbons (Fsp3) is 0.160. The summed E-state index contributed by atoms with van der Waals surface area (Å²) in [6.07, 6.45) is 1.51. The van der Waals surface area contributed by atoms with Crippen LogP contribution in [0.15, 0.2) is 59.7 Å². The molecule has 9 heteroatoms. The number of halogens is 1. The number of hydrazone groups is 1. The van der Waals surface area contributed by atoms with Crippen molar-refractivity contribution in [2.45, 2.75) is 6.61 Å². The van der Waals surface area contributed by atoms with Crippen molar-refractivity contribution >= 4 is 34.7 Å². The third-order valence-electron chi connectivity index (χ3n) is 4.75. The molecule has 34 heavy (non-hydrogen) atoms. The molecule has 0 aromatic heterocycles. The Labute approximate surface area is 211 Å². The Balaban J connectivity index is 1.73. The minimum absolute atomic E-state index is 0.226. The molecule has 0 aliphatic heterocycles. The number of rotatable bonds is 9. The van der Waals surface area contributed by atoms with E-state index in [2.05, 4.69) is 39.2 Å². The Bertz CT molecular complexity index is 1230. The van der Waals surface area contributed by atoms with Crippen molar-refractivity contribution in [3.05, 3.63) is 80.4 Å². The van der Waals surface area contributed by atoms with Gasteiger partial charge in [-0.1, -0.05) is 18.2 Å². The van der Waals surface area contributed by atoms with E-state index < -0.39 is 5.91 Å². The molecule has 3 rings (SSSR count). The van der Waals surface area contributed by atoms with Crippen LogP contribution in [0, 0.1) is 14.9 Å². The van der Waals surface area contributed by atoms with Crippen LogP contribution in [-0.2, 0) is 6.61 Å². The second kappa shape index (κ2) is 11.9. The quantitative estimate of drug-likeness (QED) is 0.230. The number of hydrogen-bond acceptors (Lipinski definition) is 7. The Kier molecular flexibility index (Phi) is 8.70. The lowest BCUT2D eigenvalue weighted by atomic mass is 10.1. The van der Waals surface area contributed by atoms with Crippen molar-refractivity contribution in [1.82, 2.24) is 5.43 Å². The van der Waals surface area contributed by atoms with Gasteiger partial charge in [0.2, 0.25) is 0 Å². The summed E-state index contributed by atoms with van der Waals surface area (Å²) < 4.78 is 22.6. The summed E-state index contributed by atoms with van der Waals surface area (Å²) in [5.74, 6) is 1.65. The van der Waals surface area contributed by atoms with Gasteiger partial charge in [0.1, 0.15) is 18.1 Å². The summed E-state index contributed by atoms with van der Waals surface area (Å²) in [4.78, 5) is 12.5. The predicted molar refractivity (Wildman–Crippen MR) is 136 cm³/mol. The van der Waals surface area contributed by atoms with Gasteiger partial charge in [-0.05, 0) is 58.5 Å². The molecule has 0 fully saturated rings. The number of benzene rings is 3. The molecule has 0 saturated carbocycles. The summed E-state index contributed by atoms with van der Waals surface area (Å²) in [5, 5.41) is 13.3. The molecular formula is C25H22IN3O5. The fourth-order valence-electron chi connectivity index (χ4n) is 3.03. The van der Waals surface area contributed by atoms with Gasteiger partial charge in [-0.2, -0.15) is 10.4 Å². The Morgan fingerprint density at radius 1 is 1.06 bits per heavy atom. The SMILES string of the molecule is COc1cc(OC)cc(C(=O)N/N=C\c2cc(I)c(OCc3ccccc3C#N)c(OC)c2)c1. The van der Waals surface area contributed by atoms with E-state index in [1.165, 1.54) is 20.4 Å². The monoisotopic (exact) mass is 571 g/mol. The highest BCUT2D eigenvalue weighted by Gasteiger charge is 2.13. The molecule has 1 N–H and O–H groups in total. The molecule has 0 saturated heterocycles. The lowest BCUT2D eigenvalue weighted by molar-refractivity contribution is 0.0954. The highest BCUT2D eigenvalue weighted by Crippen LogP contribution is 2.34. The van der Waals surface area contributed by atoms with Crippen LogP contribution in [0.2, 0.25) is 0 Å². The van der Waals surface area contributed by atoms with E-state index >= 15 is 0 Å². The van der Waals surface area contributed by atoms with Crippen LogP contribution in [0.25, 0.3) is 0 Å². The first-order chi connectivity index (χ1) is 16.5. The maximum Gasteiger partial charge on any atom is 0.271 e. The fourth-order valence-corrected chi connectivity index (χ4v) is 3.81. The van der Waals surface area contributed by atoms with E-state index in [-0.39, 0.29) is 6.61 Å². The first kappa shape index (κ1) is 24.9. The molecule has 0 spiro atoms. The lowest BCUT2D eigenvalue weighted by Gasteiger charge is -2.14. The van der Waals surface area contributed by atoms with E-state index in [1.807, 2.05) is 24.3 Å². The van der Waals surface area contributed by atoms with Crippen molar-refractivity contribution in [1.29, 1.82) is 5.26 Å². The summed E-state index contributed by atoms with van der Waals surface area (Å²) in [6, 6.07) is 17.9. The van der Waals surface area contributed by atoms with Gasteiger partial charge < -0.3 is 18.9 Å². The van der Waals surface area contributed by atoms with Gasteiger partial charge >= 0.3 is 0 Å². The number of nitrogens with zero attached hydrogens (tertiary/aromatic N) is 2. The Morgan fingerprint density at radius 2 is 1.76 bits per heavy atom. The van der Waals surface area contributed by atoms with Crippen LogP contribution in [0.1, 0.15) is 27.0 Å². The summed E-state index contributed by atoms with van der Waals surface area (Å²) in [5.41, 5.74) is 4.89. The van der Waals surface area contributed by atoms with Crippen molar-refractivity contribution < 1.29 is 23.7 Å². The molecule has 3 aromatic carbocycles. The largest absolute Gasteiger partial charge is 0.497 e. The topological polar surface area (TPSA) is 102 Å². The predicted octanol–water partition coefficient (Wildman–Crippen LogP) is 4.53. The number of methoxy groups -OCH3 is 3. The third kappa shape index (κ3) is 6.17. The number of hydrogen-bond donors (Lipinski definition) is 1. The van der Waals surface area contributed by atoms with Crippen LogP contribution in [0.3, 0.4) is 0 Å². The zero-order valence-electron chi connectivity index (χ0n) is 18.8. The van der Waals surface area contributed by atoms with Crippen LogP contribution >= 0.6 is 22.6 Å².